The summed E-state index contributed by atoms with van der Waals surface area (Å²) in [6.07, 6.45) is 2.76. The first kappa shape index (κ1) is 17.5. The number of nitrogens with zero attached hydrogens (tertiary/aromatic N) is 2. The number of rotatable bonds is 5. The van der Waals surface area contributed by atoms with E-state index in [0.717, 1.165) is 4.57 Å². The van der Waals surface area contributed by atoms with Crippen LogP contribution < -0.4 is 16.0 Å². The summed E-state index contributed by atoms with van der Waals surface area (Å²) in [5, 5.41) is 0.229. The van der Waals surface area contributed by atoms with Crippen LogP contribution in [0.2, 0.25) is 0 Å². The molecule has 0 unspecified atom stereocenters. The van der Waals surface area contributed by atoms with Crippen molar-refractivity contribution < 1.29 is 13.9 Å². The van der Waals surface area contributed by atoms with Gasteiger partial charge in [0.25, 0.3) is 5.56 Å². The zero-order valence-corrected chi connectivity index (χ0v) is 14.8. The van der Waals surface area contributed by atoms with Crippen LogP contribution in [-0.2, 0) is 6.54 Å². The highest BCUT2D eigenvalue weighted by Crippen LogP contribution is 2.32. The number of H-pyrrole nitrogens is 1. The monoisotopic (exact) mass is 377 g/mol. The van der Waals surface area contributed by atoms with Gasteiger partial charge in [-0.25, -0.2) is 9.78 Å². The molecule has 0 aliphatic heterocycles. The van der Waals surface area contributed by atoms with Gasteiger partial charge in [0.2, 0.25) is 0 Å². The number of fused-ring (bicyclic) bond motifs is 1. The van der Waals surface area contributed by atoms with Gasteiger partial charge < -0.3 is 14.1 Å². The van der Waals surface area contributed by atoms with Crippen LogP contribution in [0.15, 0.2) is 69.1 Å². The van der Waals surface area contributed by atoms with Gasteiger partial charge in [0.1, 0.15) is 5.75 Å². The molecule has 8 nitrogen and oxygen atoms in total. The molecule has 8 heteroatoms. The summed E-state index contributed by atoms with van der Waals surface area (Å²) in [5.74, 6) is 0.491. The molecule has 2 aromatic heterocycles. The summed E-state index contributed by atoms with van der Waals surface area (Å²) in [6, 6.07) is 11.6. The summed E-state index contributed by atoms with van der Waals surface area (Å²) in [7, 11) is 1.47. The first-order valence-corrected chi connectivity index (χ1v) is 8.40. The number of hydrogen-bond acceptors (Lipinski definition) is 6. The van der Waals surface area contributed by atoms with Gasteiger partial charge in [-0.15, -0.1) is 0 Å². The lowest BCUT2D eigenvalue weighted by molar-refractivity contribution is 0.0969. The molecule has 0 radical (unpaired) electrons. The zero-order valence-electron chi connectivity index (χ0n) is 14.8. The van der Waals surface area contributed by atoms with Crippen molar-refractivity contribution in [3.8, 4) is 17.1 Å². The highest BCUT2D eigenvalue weighted by Gasteiger charge is 2.17. The molecule has 0 bridgehead atoms. The van der Waals surface area contributed by atoms with Crippen LogP contribution in [-0.4, -0.2) is 27.4 Å². The minimum absolute atomic E-state index is 0.229. The van der Waals surface area contributed by atoms with E-state index >= 15 is 0 Å². The summed E-state index contributed by atoms with van der Waals surface area (Å²) in [5.41, 5.74) is -0.00946. The van der Waals surface area contributed by atoms with Crippen LogP contribution in [0, 0.1) is 0 Å². The molecule has 4 rings (SSSR count). The molecule has 2 aromatic carbocycles. The number of oxazole rings is 1. The number of hydrogen-bond donors (Lipinski definition) is 1. The van der Waals surface area contributed by atoms with Crippen LogP contribution >= 0.6 is 0 Å². The Balaban J connectivity index is 1.86. The second kappa shape index (κ2) is 6.99. The van der Waals surface area contributed by atoms with Crippen LogP contribution in [0.4, 0.5) is 0 Å². The average Bonchev–Trinajstić information content (AvgIpc) is 3.25. The first-order valence-electron chi connectivity index (χ1n) is 8.40. The predicted molar refractivity (Wildman–Crippen MR) is 102 cm³/mol. The van der Waals surface area contributed by atoms with Gasteiger partial charge in [0.15, 0.2) is 17.9 Å². The maximum Gasteiger partial charge on any atom is 0.329 e. The van der Waals surface area contributed by atoms with E-state index in [2.05, 4.69) is 9.97 Å². The Morgan fingerprint density at radius 2 is 2.00 bits per heavy atom. The third-order valence-corrected chi connectivity index (χ3v) is 4.40. The van der Waals surface area contributed by atoms with Gasteiger partial charge in [-0.1, -0.05) is 30.3 Å². The van der Waals surface area contributed by atoms with Crippen molar-refractivity contribution in [2.45, 2.75) is 6.54 Å². The predicted octanol–water partition coefficient (Wildman–Crippen LogP) is 2.24. The lowest BCUT2D eigenvalue weighted by Gasteiger charge is -2.10. The van der Waals surface area contributed by atoms with E-state index in [0.29, 0.717) is 28.2 Å². The third kappa shape index (κ3) is 3.01. The molecule has 2 heterocycles. The molecule has 0 aliphatic rings. The van der Waals surface area contributed by atoms with E-state index in [1.54, 1.807) is 42.5 Å². The number of Topliss-reactive ketones (excluding diaryl/α,β-unsaturated/α-hetero) is 1. The van der Waals surface area contributed by atoms with Crippen LogP contribution in [0.1, 0.15) is 10.4 Å². The van der Waals surface area contributed by atoms with Crippen molar-refractivity contribution in [1.29, 1.82) is 0 Å². The minimum Gasteiger partial charge on any atom is -0.496 e. The number of nitrogens with one attached hydrogen (secondary N) is 1. The van der Waals surface area contributed by atoms with Gasteiger partial charge in [-0.2, -0.15) is 0 Å². The number of carbonyl (C=O) groups excluding carboxylic acids is 1. The smallest absolute Gasteiger partial charge is 0.329 e. The normalized spacial score (nSPS) is 10.9. The van der Waals surface area contributed by atoms with Crippen LogP contribution in [0.25, 0.3) is 22.2 Å². The molecule has 140 valence electrons. The maximum atomic E-state index is 12.9. The first-order chi connectivity index (χ1) is 13.6. The topological polar surface area (TPSA) is 107 Å². The van der Waals surface area contributed by atoms with Crippen molar-refractivity contribution in [3.05, 3.63) is 81.5 Å². The van der Waals surface area contributed by atoms with Crippen molar-refractivity contribution in [1.82, 2.24) is 14.5 Å². The van der Waals surface area contributed by atoms with Crippen molar-refractivity contribution >= 4 is 16.7 Å². The number of benzene rings is 2. The van der Waals surface area contributed by atoms with Crippen molar-refractivity contribution in [3.63, 3.8) is 0 Å². The fourth-order valence-corrected chi connectivity index (χ4v) is 2.99. The molecule has 0 atom stereocenters. The fraction of sp³-hybridized carbons (Fsp3) is 0.100. The van der Waals surface area contributed by atoms with Crippen molar-refractivity contribution in [2.75, 3.05) is 7.11 Å². The Bertz CT molecular complexity index is 1270. The van der Waals surface area contributed by atoms with E-state index in [-0.39, 0.29) is 17.7 Å². The molecule has 0 fully saturated rings. The van der Waals surface area contributed by atoms with Crippen LogP contribution in [0.5, 0.6) is 5.75 Å². The highest BCUT2D eigenvalue weighted by atomic mass is 16.5. The number of carbonyl (C=O) groups is 1. The quantitative estimate of drug-likeness (QED) is 0.535. The summed E-state index contributed by atoms with van der Waals surface area (Å²) in [6.45, 7) is -0.363. The maximum absolute atomic E-state index is 12.9. The average molecular weight is 377 g/mol. The van der Waals surface area contributed by atoms with E-state index in [4.69, 9.17) is 9.15 Å². The number of aromatic amines is 1. The number of ether oxygens (including phenoxy) is 1. The second-order valence-electron chi connectivity index (χ2n) is 6.07. The SMILES string of the molecule is COc1cc2[nH]c(=O)n(CC(=O)c3ccccc3)c(=O)c2cc1-c1cnco1. The van der Waals surface area contributed by atoms with Crippen LogP contribution in [0.3, 0.4) is 0 Å². The van der Waals surface area contributed by atoms with Gasteiger partial charge in [0.05, 0.1) is 36.3 Å². The zero-order chi connectivity index (χ0) is 19.7. The second-order valence-corrected chi connectivity index (χ2v) is 6.07. The van der Waals surface area contributed by atoms with Gasteiger partial charge >= 0.3 is 5.69 Å². The Kier molecular flexibility index (Phi) is 4.36. The molecule has 4 aromatic rings. The van der Waals surface area contributed by atoms with E-state index in [1.807, 2.05) is 0 Å². The van der Waals surface area contributed by atoms with Crippen molar-refractivity contribution in [2.24, 2.45) is 0 Å². The largest absolute Gasteiger partial charge is 0.496 e. The third-order valence-electron chi connectivity index (χ3n) is 4.40. The molecular formula is C20H15N3O5. The lowest BCUT2D eigenvalue weighted by Crippen LogP contribution is -2.37. The Hall–Kier alpha value is -3.94. The standard InChI is InChI=1S/C20H15N3O5/c1-27-17-8-15-13(7-14(17)18-9-21-11-28-18)19(25)23(20(26)22-15)10-16(24)12-5-3-2-4-6-12/h2-9,11H,10H2,1H3,(H,22,26). The fourth-order valence-electron chi connectivity index (χ4n) is 2.99. The summed E-state index contributed by atoms with van der Waals surface area (Å²) >= 11 is 0. The minimum atomic E-state index is -0.670. The number of aromatic nitrogens is 3. The molecule has 0 spiro atoms. The molecule has 0 aliphatic carbocycles. The summed E-state index contributed by atoms with van der Waals surface area (Å²) in [4.78, 5) is 44.3. The molecule has 0 saturated carbocycles. The molecule has 1 N–H and O–H groups in total. The highest BCUT2D eigenvalue weighted by molar-refractivity contribution is 5.96. The Morgan fingerprint density at radius 3 is 2.68 bits per heavy atom. The Morgan fingerprint density at radius 1 is 1.21 bits per heavy atom. The molecule has 28 heavy (non-hydrogen) atoms. The van der Waals surface area contributed by atoms with Gasteiger partial charge in [-0.3, -0.25) is 14.2 Å². The van der Waals surface area contributed by atoms with Gasteiger partial charge in [-0.05, 0) is 6.07 Å². The van der Waals surface area contributed by atoms with Gasteiger partial charge in [0, 0.05) is 11.6 Å². The lowest BCUT2D eigenvalue weighted by atomic mass is 10.1. The molecule has 0 saturated heterocycles. The van der Waals surface area contributed by atoms with E-state index in [1.165, 1.54) is 19.7 Å². The van der Waals surface area contributed by atoms with E-state index in [9.17, 15) is 14.4 Å². The Labute approximate surface area is 158 Å². The molecule has 0 amide bonds. The molecular weight excluding hydrogens is 362 g/mol. The number of methoxy groups -OCH3 is 1. The van der Waals surface area contributed by atoms with E-state index < -0.39 is 11.2 Å². The number of ketones is 1. The summed E-state index contributed by atoms with van der Waals surface area (Å²) < 4.78 is 11.5.